The maximum absolute atomic E-state index is 12.4. The van der Waals surface area contributed by atoms with Crippen molar-refractivity contribution in [3.8, 4) is 0 Å². The molecule has 0 aromatic carbocycles. The molecular weight excluding hydrogens is 256 g/mol. The minimum atomic E-state index is -0.376. The molecule has 4 N–H and O–H groups in total. The summed E-state index contributed by atoms with van der Waals surface area (Å²) in [4.78, 5) is 25.6. The first-order chi connectivity index (χ1) is 9.58. The second-order valence-corrected chi connectivity index (χ2v) is 5.96. The zero-order valence-electron chi connectivity index (χ0n) is 12.2. The van der Waals surface area contributed by atoms with Crippen LogP contribution in [0.15, 0.2) is 0 Å². The van der Waals surface area contributed by atoms with Gasteiger partial charge in [-0.25, -0.2) is 0 Å². The van der Waals surface area contributed by atoms with Crippen molar-refractivity contribution < 1.29 is 9.59 Å². The van der Waals surface area contributed by atoms with Crippen molar-refractivity contribution in [3.63, 3.8) is 0 Å². The van der Waals surface area contributed by atoms with Gasteiger partial charge >= 0.3 is 0 Å². The van der Waals surface area contributed by atoms with Crippen LogP contribution < -0.4 is 16.4 Å². The molecule has 2 atom stereocenters. The average molecular weight is 282 g/mol. The molecule has 0 bridgehead atoms. The van der Waals surface area contributed by atoms with E-state index >= 15 is 0 Å². The number of rotatable bonds is 5. The number of nitrogens with two attached hydrogens (primary N) is 1. The van der Waals surface area contributed by atoms with Gasteiger partial charge in [0.15, 0.2) is 0 Å². The van der Waals surface area contributed by atoms with E-state index in [4.69, 9.17) is 5.73 Å². The SMILES string of the molecule is CC(CC(N)=O)NC(=O)C1CCCN1C1CCNCC1. The molecule has 114 valence electrons. The predicted molar refractivity (Wildman–Crippen MR) is 77.0 cm³/mol. The van der Waals surface area contributed by atoms with E-state index in [-0.39, 0.29) is 30.3 Å². The number of hydrogen-bond acceptors (Lipinski definition) is 4. The van der Waals surface area contributed by atoms with Crippen LogP contribution in [-0.4, -0.2) is 54.5 Å². The van der Waals surface area contributed by atoms with E-state index in [2.05, 4.69) is 15.5 Å². The van der Waals surface area contributed by atoms with Gasteiger partial charge < -0.3 is 16.4 Å². The number of piperidine rings is 1. The fourth-order valence-electron chi connectivity index (χ4n) is 3.34. The molecule has 0 saturated carbocycles. The van der Waals surface area contributed by atoms with Crippen LogP contribution in [0.4, 0.5) is 0 Å². The number of hydrogen-bond donors (Lipinski definition) is 3. The molecule has 6 nitrogen and oxygen atoms in total. The molecule has 0 radical (unpaired) electrons. The third-order valence-electron chi connectivity index (χ3n) is 4.27. The van der Waals surface area contributed by atoms with Gasteiger partial charge in [0.1, 0.15) is 0 Å². The lowest BCUT2D eigenvalue weighted by Gasteiger charge is -2.35. The van der Waals surface area contributed by atoms with E-state index < -0.39 is 0 Å². The summed E-state index contributed by atoms with van der Waals surface area (Å²) in [5.41, 5.74) is 5.16. The number of nitrogens with one attached hydrogen (secondary N) is 2. The standard InChI is InChI=1S/C14H26N4O2/c1-10(9-13(15)19)17-14(20)12-3-2-8-18(12)11-4-6-16-7-5-11/h10-12,16H,2-9H2,1H3,(H2,15,19)(H,17,20). The van der Waals surface area contributed by atoms with Gasteiger partial charge in [-0.3, -0.25) is 14.5 Å². The Morgan fingerprint density at radius 2 is 2.05 bits per heavy atom. The van der Waals surface area contributed by atoms with Crippen LogP contribution in [0.5, 0.6) is 0 Å². The van der Waals surface area contributed by atoms with Crippen molar-refractivity contribution in [1.29, 1.82) is 0 Å². The maximum atomic E-state index is 12.4. The van der Waals surface area contributed by atoms with Crippen LogP contribution in [0.1, 0.15) is 39.0 Å². The second kappa shape index (κ2) is 7.04. The molecule has 0 aromatic heterocycles. The number of carbonyl (C=O) groups is 2. The normalized spacial score (nSPS) is 26.4. The van der Waals surface area contributed by atoms with Gasteiger partial charge in [-0.1, -0.05) is 0 Å². The number of amides is 2. The Balaban J connectivity index is 1.88. The van der Waals surface area contributed by atoms with Gasteiger partial charge in [-0.2, -0.15) is 0 Å². The molecule has 0 aromatic rings. The lowest BCUT2D eigenvalue weighted by molar-refractivity contribution is -0.127. The van der Waals surface area contributed by atoms with Crippen molar-refractivity contribution in [2.75, 3.05) is 19.6 Å². The zero-order valence-corrected chi connectivity index (χ0v) is 12.2. The maximum Gasteiger partial charge on any atom is 0.237 e. The lowest BCUT2D eigenvalue weighted by atomic mass is 10.0. The number of likely N-dealkylation sites (tertiary alicyclic amines) is 1. The fraction of sp³-hybridized carbons (Fsp3) is 0.857. The highest BCUT2D eigenvalue weighted by Gasteiger charge is 2.36. The number of carbonyl (C=O) groups excluding carboxylic acids is 2. The summed E-state index contributed by atoms with van der Waals surface area (Å²) >= 11 is 0. The molecule has 0 aliphatic carbocycles. The highest BCUT2D eigenvalue weighted by molar-refractivity contribution is 5.83. The molecule has 0 spiro atoms. The first-order valence-electron chi connectivity index (χ1n) is 7.63. The zero-order chi connectivity index (χ0) is 14.5. The minimum Gasteiger partial charge on any atom is -0.370 e. The highest BCUT2D eigenvalue weighted by atomic mass is 16.2. The van der Waals surface area contributed by atoms with Gasteiger partial charge in [-0.15, -0.1) is 0 Å². The van der Waals surface area contributed by atoms with Crippen LogP contribution in [0.25, 0.3) is 0 Å². The van der Waals surface area contributed by atoms with Crippen molar-refractivity contribution in [1.82, 2.24) is 15.5 Å². The summed E-state index contributed by atoms with van der Waals surface area (Å²) in [6.45, 7) is 4.90. The van der Waals surface area contributed by atoms with E-state index in [1.165, 1.54) is 0 Å². The smallest absolute Gasteiger partial charge is 0.237 e. The molecule has 2 saturated heterocycles. The summed E-state index contributed by atoms with van der Waals surface area (Å²) in [7, 11) is 0. The Hall–Kier alpha value is -1.14. The van der Waals surface area contributed by atoms with Crippen LogP contribution in [0.2, 0.25) is 0 Å². The van der Waals surface area contributed by atoms with Crippen molar-refractivity contribution in [3.05, 3.63) is 0 Å². The summed E-state index contributed by atoms with van der Waals surface area (Å²) in [5.74, 6) is -0.325. The van der Waals surface area contributed by atoms with Crippen LogP contribution in [-0.2, 0) is 9.59 Å². The van der Waals surface area contributed by atoms with E-state index in [1.54, 1.807) is 0 Å². The molecule has 2 heterocycles. The van der Waals surface area contributed by atoms with Crippen LogP contribution in [0.3, 0.4) is 0 Å². The molecule has 2 fully saturated rings. The van der Waals surface area contributed by atoms with E-state index in [9.17, 15) is 9.59 Å². The van der Waals surface area contributed by atoms with E-state index in [1.807, 2.05) is 6.92 Å². The minimum absolute atomic E-state index is 0.0339. The Bertz CT molecular complexity index is 355. The molecule has 6 heteroatoms. The van der Waals surface area contributed by atoms with Gasteiger partial charge in [0, 0.05) is 18.5 Å². The van der Waals surface area contributed by atoms with Gasteiger partial charge in [-0.05, 0) is 52.2 Å². The van der Waals surface area contributed by atoms with Crippen molar-refractivity contribution in [2.45, 2.75) is 57.2 Å². The Labute approximate surface area is 120 Å². The number of primary amides is 1. The van der Waals surface area contributed by atoms with E-state index in [0.717, 1.165) is 45.3 Å². The third-order valence-corrected chi connectivity index (χ3v) is 4.27. The second-order valence-electron chi connectivity index (χ2n) is 5.96. The Morgan fingerprint density at radius 1 is 1.35 bits per heavy atom. The van der Waals surface area contributed by atoms with Gasteiger partial charge in [0.05, 0.1) is 6.04 Å². The quantitative estimate of drug-likeness (QED) is 0.639. The third kappa shape index (κ3) is 3.93. The van der Waals surface area contributed by atoms with Crippen molar-refractivity contribution in [2.24, 2.45) is 5.73 Å². The van der Waals surface area contributed by atoms with Gasteiger partial charge in [0.25, 0.3) is 0 Å². The van der Waals surface area contributed by atoms with Crippen molar-refractivity contribution >= 4 is 11.8 Å². The monoisotopic (exact) mass is 282 g/mol. The Kier molecular flexibility index (Phi) is 5.37. The predicted octanol–water partition coefficient (Wildman–Crippen LogP) is -0.417. The summed E-state index contributed by atoms with van der Waals surface area (Å²) in [6, 6.07) is 0.296. The molecule has 20 heavy (non-hydrogen) atoms. The van der Waals surface area contributed by atoms with Crippen LogP contribution in [0, 0.1) is 0 Å². The van der Waals surface area contributed by atoms with Crippen LogP contribution >= 0.6 is 0 Å². The number of nitrogens with zero attached hydrogens (tertiary/aromatic N) is 1. The summed E-state index contributed by atoms with van der Waals surface area (Å²) in [6.07, 6.45) is 4.41. The fourth-order valence-corrected chi connectivity index (χ4v) is 3.34. The lowest BCUT2D eigenvalue weighted by Crippen LogP contribution is -2.52. The Morgan fingerprint density at radius 3 is 2.70 bits per heavy atom. The largest absolute Gasteiger partial charge is 0.370 e. The summed E-state index contributed by atoms with van der Waals surface area (Å²) < 4.78 is 0. The van der Waals surface area contributed by atoms with Gasteiger partial charge in [0.2, 0.25) is 11.8 Å². The molecule has 2 aliphatic rings. The summed E-state index contributed by atoms with van der Waals surface area (Å²) in [5, 5.41) is 6.28. The topological polar surface area (TPSA) is 87.5 Å². The molecule has 2 unspecified atom stereocenters. The molecule has 2 rings (SSSR count). The highest BCUT2D eigenvalue weighted by Crippen LogP contribution is 2.24. The first kappa shape index (κ1) is 15.3. The van der Waals surface area contributed by atoms with E-state index in [0.29, 0.717) is 6.04 Å². The molecular formula is C14H26N4O2. The average Bonchev–Trinajstić information content (AvgIpc) is 2.87. The molecule has 2 aliphatic heterocycles. The molecule has 2 amide bonds. The first-order valence-corrected chi connectivity index (χ1v) is 7.63.